The normalized spacial score (nSPS) is 10.8. The van der Waals surface area contributed by atoms with Crippen molar-refractivity contribution in [3.63, 3.8) is 0 Å². The third-order valence-corrected chi connectivity index (χ3v) is 3.42. The van der Waals surface area contributed by atoms with E-state index in [0.717, 1.165) is 22.7 Å². The highest BCUT2D eigenvalue weighted by molar-refractivity contribution is 6.30. The van der Waals surface area contributed by atoms with Gasteiger partial charge in [0.25, 0.3) is 5.91 Å². The average molecular weight is 303 g/mol. The van der Waals surface area contributed by atoms with Crippen molar-refractivity contribution in [2.75, 3.05) is 5.32 Å². The Bertz CT molecular complexity index is 841. The lowest BCUT2D eigenvalue weighted by atomic mass is 10.2. The van der Waals surface area contributed by atoms with Crippen LogP contribution in [-0.4, -0.2) is 10.9 Å². The predicted octanol–water partition coefficient (Wildman–Crippen LogP) is 4.52. The summed E-state index contributed by atoms with van der Waals surface area (Å²) in [5.41, 5.74) is 2.60. The topological polar surface area (TPSA) is 44.9 Å². The van der Waals surface area contributed by atoms with Gasteiger partial charge in [0.1, 0.15) is 5.82 Å². The Hall–Kier alpha value is -2.33. The van der Waals surface area contributed by atoms with Gasteiger partial charge in [-0.05, 0) is 49.4 Å². The average Bonchev–Trinajstić information content (AvgIpc) is 2.77. The number of amides is 1. The summed E-state index contributed by atoms with van der Waals surface area (Å²) in [6.07, 6.45) is 0. The lowest BCUT2D eigenvalue weighted by molar-refractivity contribution is 0.102. The summed E-state index contributed by atoms with van der Waals surface area (Å²) in [6.45, 7) is 1.96. The molecule has 0 fully saturated rings. The molecule has 1 amide bonds. The quantitative estimate of drug-likeness (QED) is 0.718. The molecule has 3 nitrogen and oxygen atoms in total. The van der Waals surface area contributed by atoms with Gasteiger partial charge in [0, 0.05) is 27.3 Å². The zero-order chi connectivity index (χ0) is 15.0. The van der Waals surface area contributed by atoms with E-state index >= 15 is 0 Å². The monoisotopic (exact) mass is 302 g/mol. The highest BCUT2D eigenvalue weighted by Crippen LogP contribution is 2.21. The first kappa shape index (κ1) is 13.6. The molecule has 5 heteroatoms. The maximum absolute atomic E-state index is 13.7. The summed E-state index contributed by atoms with van der Waals surface area (Å²) in [5, 5.41) is 3.93. The largest absolute Gasteiger partial charge is 0.359 e. The number of carbonyl (C=O) groups is 1. The fourth-order valence-electron chi connectivity index (χ4n) is 2.23. The van der Waals surface area contributed by atoms with E-state index in [-0.39, 0.29) is 10.6 Å². The Morgan fingerprint density at radius 1 is 1.19 bits per heavy atom. The van der Waals surface area contributed by atoms with Gasteiger partial charge in [0.05, 0.1) is 5.56 Å². The summed E-state index contributed by atoms with van der Waals surface area (Å²) in [5.74, 6) is -1.14. The standard InChI is InChI=1S/C16H12ClFN2O/c1-9-6-10-7-12(3-5-15(10)19-9)20-16(21)13-4-2-11(17)8-14(13)18/h2-8,19H,1H3,(H,20,21). The molecule has 1 heterocycles. The van der Waals surface area contributed by atoms with Crippen LogP contribution in [0.2, 0.25) is 5.02 Å². The minimum absolute atomic E-state index is 0.0373. The molecule has 2 N–H and O–H groups in total. The number of anilines is 1. The van der Waals surface area contributed by atoms with Gasteiger partial charge in [-0.1, -0.05) is 11.6 Å². The number of hydrogen-bond donors (Lipinski definition) is 2. The van der Waals surface area contributed by atoms with E-state index in [1.807, 2.05) is 25.1 Å². The number of rotatable bonds is 2. The fourth-order valence-corrected chi connectivity index (χ4v) is 2.39. The van der Waals surface area contributed by atoms with Crippen LogP contribution in [0.25, 0.3) is 10.9 Å². The molecule has 0 saturated heterocycles. The third-order valence-electron chi connectivity index (χ3n) is 3.19. The Morgan fingerprint density at radius 2 is 2.00 bits per heavy atom. The van der Waals surface area contributed by atoms with E-state index in [1.165, 1.54) is 12.1 Å². The number of aromatic nitrogens is 1. The smallest absolute Gasteiger partial charge is 0.258 e. The third kappa shape index (κ3) is 2.76. The number of nitrogens with one attached hydrogen (secondary N) is 2. The molecular weight excluding hydrogens is 291 g/mol. The zero-order valence-electron chi connectivity index (χ0n) is 11.2. The number of carbonyl (C=O) groups excluding carboxylic acids is 1. The van der Waals surface area contributed by atoms with Gasteiger partial charge in [-0.15, -0.1) is 0 Å². The molecular formula is C16H12ClFN2O. The zero-order valence-corrected chi connectivity index (χ0v) is 12.0. The molecule has 21 heavy (non-hydrogen) atoms. The van der Waals surface area contributed by atoms with Crippen molar-refractivity contribution in [2.24, 2.45) is 0 Å². The second kappa shape index (κ2) is 5.22. The molecule has 3 aromatic rings. The Morgan fingerprint density at radius 3 is 2.76 bits per heavy atom. The van der Waals surface area contributed by atoms with E-state index in [0.29, 0.717) is 5.69 Å². The number of aromatic amines is 1. The summed E-state index contributed by atoms with van der Waals surface area (Å²) in [4.78, 5) is 15.3. The Kier molecular flexibility index (Phi) is 3.39. The number of hydrogen-bond acceptors (Lipinski definition) is 1. The van der Waals surface area contributed by atoms with Crippen molar-refractivity contribution in [2.45, 2.75) is 6.92 Å². The molecule has 0 bridgehead atoms. The van der Waals surface area contributed by atoms with Crippen LogP contribution in [0.4, 0.5) is 10.1 Å². The van der Waals surface area contributed by atoms with E-state index in [2.05, 4.69) is 10.3 Å². The van der Waals surface area contributed by atoms with Crippen molar-refractivity contribution in [3.05, 3.63) is 64.6 Å². The molecule has 1 aromatic heterocycles. The van der Waals surface area contributed by atoms with Crippen LogP contribution >= 0.6 is 11.6 Å². The summed E-state index contributed by atoms with van der Waals surface area (Å²) < 4.78 is 13.7. The van der Waals surface area contributed by atoms with Crippen molar-refractivity contribution in [3.8, 4) is 0 Å². The fraction of sp³-hybridized carbons (Fsp3) is 0.0625. The van der Waals surface area contributed by atoms with Gasteiger partial charge in [-0.25, -0.2) is 4.39 Å². The van der Waals surface area contributed by atoms with Gasteiger partial charge >= 0.3 is 0 Å². The maximum Gasteiger partial charge on any atom is 0.258 e. The minimum Gasteiger partial charge on any atom is -0.359 e. The molecule has 0 radical (unpaired) electrons. The minimum atomic E-state index is -0.640. The SMILES string of the molecule is Cc1cc2cc(NC(=O)c3ccc(Cl)cc3F)ccc2[nH]1. The first-order valence-corrected chi connectivity index (χ1v) is 6.76. The van der Waals surface area contributed by atoms with Crippen LogP contribution in [0.3, 0.4) is 0 Å². The van der Waals surface area contributed by atoms with Crippen molar-refractivity contribution < 1.29 is 9.18 Å². The maximum atomic E-state index is 13.7. The first-order chi connectivity index (χ1) is 10.0. The molecule has 0 aliphatic rings. The van der Waals surface area contributed by atoms with E-state index < -0.39 is 11.7 Å². The summed E-state index contributed by atoms with van der Waals surface area (Å²) in [7, 11) is 0. The van der Waals surface area contributed by atoms with Crippen molar-refractivity contribution in [1.29, 1.82) is 0 Å². The van der Waals surface area contributed by atoms with Gasteiger partial charge in [0.15, 0.2) is 0 Å². The van der Waals surface area contributed by atoms with E-state index in [1.54, 1.807) is 6.07 Å². The van der Waals surface area contributed by atoms with Crippen LogP contribution in [0, 0.1) is 12.7 Å². The van der Waals surface area contributed by atoms with Gasteiger partial charge in [0.2, 0.25) is 0 Å². The predicted molar refractivity (Wildman–Crippen MR) is 82.4 cm³/mol. The summed E-state index contributed by atoms with van der Waals surface area (Å²) in [6, 6.07) is 11.4. The van der Waals surface area contributed by atoms with Gasteiger partial charge in [-0.2, -0.15) is 0 Å². The molecule has 2 aromatic carbocycles. The molecule has 106 valence electrons. The number of benzene rings is 2. The lowest BCUT2D eigenvalue weighted by Gasteiger charge is -2.06. The van der Waals surface area contributed by atoms with Gasteiger partial charge < -0.3 is 10.3 Å². The molecule has 0 atom stereocenters. The first-order valence-electron chi connectivity index (χ1n) is 6.39. The Balaban J connectivity index is 1.88. The van der Waals surface area contributed by atoms with Crippen molar-refractivity contribution >= 4 is 34.1 Å². The summed E-state index contributed by atoms with van der Waals surface area (Å²) >= 11 is 5.67. The van der Waals surface area contributed by atoms with Crippen LogP contribution < -0.4 is 5.32 Å². The molecule has 0 unspecified atom stereocenters. The number of halogens is 2. The second-order valence-electron chi connectivity index (χ2n) is 4.83. The highest BCUT2D eigenvalue weighted by Gasteiger charge is 2.12. The molecule has 0 spiro atoms. The van der Waals surface area contributed by atoms with Crippen LogP contribution in [0.5, 0.6) is 0 Å². The number of fused-ring (bicyclic) bond motifs is 1. The van der Waals surface area contributed by atoms with Gasteiger partial charge in [-0.3, -0.25) is 4.79 Å². The Labute approximate surface area is 125 Å². The molecule has 0 aliphatic heterocycles. The van der Waals surface area contributed by atoms with Crippen molar-refractivity contribution in [1.82, 2.24) is 4.98 Å². The van der Waals surface area contributed by atoms with Crippen LogP contribution in [0.15, 0.2) is 42.5 Å². The second-order valence-corrected chi connectivity index (χ2v) is 5.27. The number of H-pyrrole nitrogens is 1. The van der Waals surface area contributed by atoms with E-state index in [4.69, 9.17) is 11.6 Å². The van der Waals surface area contributed by atoms with E-state index in [9.17, 15) is 9.18 Å². The highest BCUT2D eigenvalue weighted by atomic mass is 35.5. The van der Waals surface area contributed by atoms with Crippen LogP contribution in [-0.2, 0) is 0 Å². The molecule has 0 saturated carbocycles. The molecule has 3 rings (SSSR count). The van der Waals surface area contributed by atoms with Crippen LogP contribution in [0.1, 0.15) is 16.1 Å². The molecule has 0 aliphatic carbocycles. The number of aryl methyl sites for hydroxylation is 1. The lowest BCUT2D eigenvalue weighted by Crippen LogP contribution is -2.13.